The van der Waals surface area contributed by atoms with Gasteiger partial charge in [0.15, 0.2) is 0 Å². The quantitative estimate of drug-likeness (QED) is 0.875. The number of ether oxygens (including phenoxy) is 1. The van der Waals surface area contributed by atoms with Gasteiger partial charge in [0.25, 0.3) is 5.91 Å². The third-order valence-corrected chi connectivity index (χ3v) is 4.19. The molecule has 0 spiro atoms. The average Bonchev–Trinajstić information content (AvgIpc) is 3.07. The van der Waals surface area contributed by atoms with Crippen LogP contribution in [0.3, 0.4) is 0 Å². The van der Waals surface area contributed by atoms with E-state index in [1.165, 1.54) is 0 Å². The lowest BCUT2D eigenvalue weighted by molar-refractivity contribution is -0.127. The van der Waals surface area contributed by atoms with Crippen molar-refractivity contribution in [1.29, 1.82) is 0 Å². The number of carbonyl (C=O) groups is 2. The van der Waals surface area contributed by atoms with Crippen LogP contribution in [0.4, 0.5) is 0 Å². The first-order valence-corrected chi connectivity index (χ1v) is 8.35. The van der Waals surface area contributed by atoms with E-state index in [0.717, 1.165) is 24.2 Å². The zero-order valence-corrected chi connectivity index (χ0v) is 14.2. The number of aromatic nitrogens is 1. The monoisotopic (exact) mass is 339 g/mol. The maximum absolute atomic E-state index is 12.3. The number of methoxy groups -OCH3 is 1. The van der Waals surface area contributed by atoms with E-state index in [1.807, 2.05) is 24.3 Å². The highest BCUT2D eigenvalue weighted by atomic mass is 16.5. The number of carbonyl (C=O) groups excluding carboxylic acids is 2. The standard InChI is InChI=1S/C19H21N3O3/c1-25-17-8-3-7-16(21-17)14-5-2-6-15(13-14)19(24)20-10-12-22-11-4-9-18(22)23/h2-3,5-8,13H,4,9-12H2,1H3,(H,20,24). The Labute approximate surface area is 146 Å². The van der Waals surface area contributed by atoms with E-state index in [1.54, 1.807) is 30.2 Å². The predicted octanol–water partition coefficient (Wildman–Crippen LogP) is 2.11. The minimum Gasteiger partial charge on any atom is -0.481 e. The van der Waals surface area contributed by atoms with Gasteiger partial charge in [0.2, 0.25) is 11.8 Å². The zero-order chi connectivity index (χ0) is 17.6. The number of hydrogen-bond acceptors (Lipinski definition) is 4. The summed E-state index contributed by atoms with van der Waals surface area (Å²) in [6.45, 7) is 1.79. The topological polar surface area (TPSA) is 71.5 Å². The minimum absolute atomic E-state index is 0.156. The molecule has 130 valence electrons. The highest BCUT2D eigenvalue weighted by Crippen LogP contribution is 2.20. The molecule has 2 amide bonds. The minimum atomic E-state index is -0.156. The molecule has 2 aromatic rings. The van der Waals surface area contributed by atoms with Gasteiger partial charge in [0.1, 0.15) is 0 Å². The Morgan fingerprint density at radius 2 is 2.12 bits per heavy atom. The van der Waals surface area contributed by atoms with Crippen molar-refractivity contribution in [2.75, 3.05) is 26.7 Å². The highest BCUT2D eigenvalue weighted by molar-refractivity contribution is 5.95. The molecule has 6 heteroatoms. The van der Waals surface area contributed by atoms with Crippen molar-refractivity contribution in [3.05, 3.63) is 48.0 Å². The number of benzene rings is 1. The lowest BCUT2D eigenvalue weighted by atomic mass is 10.1. The van der Waals surface area contributed by atoms with Crippen LogP contribution < -0.4 is 10.1 Å². The van der Waals surface area contributed by atoms with Crippen LogP contribution in [0.2, 0.25) is 0 Å². The van der Waals surface area contributed by atoms with Gasteiger partial charge in [-0.05, 0) is 24.6 Å². The number of pyridine rings is 1. The Morgan fingerprint density at radius 3 is 2.88 bits per heavy atom. The molecule has 1 N–H and O–H groups in total. The van der Waals surface area contributed by atoms with Gasteiger partial charge in [0, 0.05) is 43.2 Å². The molecule has 0 radical (unpaired) electrons. The van der Waals surface area contributed by atoms with Gasteiger partial charge in [-0.25, -0.2) is 4.98 Å². The summed E-state index contributed by atoms with van der Waals surface area (Å²) < 4.78 is 5.14. The first-order chi connectivity index (χ1) is 12.2. The zero-order valence-electron chi connectivity index (χ0n) is 14.2. The van der Waals surface area contributed by atoms with Crippen molar-refractivity contribution in [2.24, 2.45) is 0 Å². The summed E-state index contributed by atoms with van der Waals surface area (Å²) in [6, 6.07) is 12.8. The van der Waals surface area contributed by atoms with Gasteiger partial charge in [-0.15, -0.1) is 0 Å². The Morgan fingerprint density at radius 1 is 1.28 bits per heavy atom. The molecule has 0 unspecified atom stereocenters. The van der Waals surface area contributed by atoms with Crippen LogP contribution in [-0.2, 0) is 4.79 Å². The molecular formula is C19H21N3O3. The molecule has 1 fully saturated rings. The van der Waals surface area contributed by atoms with Crippen LogP contribution in [0, 0.1) is 0 Å². The van der Waals surface area contributed by atoms with Gasteiger partial charge in [0.05, 0.1) is 12.8 Å². The van der Waals surface area contributed by atoms with Crippen LogP contribution in [0.15, 0.2) is 42.5 Å². The SMILES string of the molecule is COc1cccc(-c2cccc(C(=O)NCCN3CCCC3=O)c2)n1. The molecule has 1 saturated heterocycles. The van der Waals surface area contributed by atoms with Crippen molar-refractivity contribution in [3.63, 3.8) is 0 Å². The van der Waals surface area contributed by atoms with Crippen LogP contribution in [0.1, 0.15) is 23.2 Å². The van der Waals surface area contributed by atoms with E-state index in [0.29, 0.717) is 31.0 Å². The molecule has 1 aromatic heterocycles. The van der Waals surface area contributed by atoms with Gasteiger partial charge in [-0.1, -0.05) is 18.2 Å². The molecule has 1 aromatic carbocycles. The molecule has 2 heterocycles. The molecule has 25 heavy (non-hydrogen) atoms. The largest absolute Gasteiger partial charge is 0.481 e. The van der Waals surface area contributed by atoms with Crippen molar-refractivity contribution in [1.82, 2.24) is 15.2 Å². The van der Waals surface area contributed by atoms with Crippen molar-refractivity contribution in [3.8, 4) is 17.1 Å². The summed E-state index contributed by atoms with van der Waals surface area (Å²) in [5.74, 6) is 0.541. The second-order valence-electron chi connectivity index (χ2n) is 5.89. The lowest BCUT2D eigenvalue weighted by Crippen LogP contribution is -2.35. The number of hydrogen-bond donors (Lipinski definition) is 1. The Balaban J connectivity index is 1.64. The van der Waals surface area contributed by atoms with E-state index in [2.05, 4.69) is 10.3 Å². The fourth-order valence-electron chi connectivity index (χ4n) is 2.86. The Kier molecular flexibility index (Phi) is 5.28. The predicted molar refractivity (Wildman–Crippen MR) is 94.4 cm³/mol. The fourth-order valence-corrected chi connectivity index (χ4v) is 2.86. The molecule has 0 aliphatic carbocycles. The van der Waals surface area contributed by atoms with Crippen LogP contribution in [0.5, 0.6) is 5.88 Å². The number of nitrogens with one attached hydrogen (secondary N) is 1. The summed E-state index contributed by atoms with van der Waals surface area (Å²) >= 11 is 0. The van der Waals surface area contributed by atoms with E-state index < -0.39 is 0 Å². The molecule has 6 nitrogen and oxygen atoms in total. The summed E-state index contributed by atoms with van der Waals surface area (Å²) in [7, 11) is 1.57. The maximum atomic E-state index is 12.3. The molecule has 1 aliphatic rings. The first kappa shape index (κ1) is 17.0. The smallest absolute Gasteiger partial charge is 0.251 e. The van der Waals surface area contributed by atoms with Gasteiger partial charge < -0.3 is 15.0 Å². The van der Waals surface area contributed by atoms with Crippen molar-refractivity contribution >= 4 is 11.8 Å². The normalized spacial score (nSPS) is 13.8. The average molecular weight is 339 g/mol. The lowest BCUT2D eigenvalue weighted by Gasteiger charge is -2.15. The number of nitrogens with zero attached hydrogens (tertiary/aromatic N) is 2. The third-order valence-electron chi connectivity index (χ3n) is 4.19. The van der Waals surface area contributed by atoms with E-state index in [9.17, 15) is 9.59 Å². The Bertz CT molecular complexity index is 776. The summed E-state index contributed by atoms with van der Waals surface area (Å²) in [4.78, 5) is 30.1. The summed E-state index contributed by atoms with van der Waals surface area (Å²) in [5, 5.41) is 2.87. The third kappa shape index (κ3) is 4.15. The van der Waals surface area contributed by atoms with Gasteiger partial charge in [-0.3, -0.25) is 9.59 Å². The van der Waals surface area contributed by atoms with Crippen LogP contribution in [-0.4, -0.2) is 48.4 Å². The number of rotatable bonds is 6. The second-order valence-corrected chi connectivity index (χ2v) is 5.89. The Hall–Kier alpha value is -2.89. The summed E-state index contributed by atoms with van der Waals surface area (Å²) in [6.07, 6.45) is 1.52. The highest BCUT2D eigenvalue weighted by Gasteiger charge is 2.19. The fraction of sp³-hybridized carbons (Fsp3) is 0.316. The van der Waals surface area contributed by atoms with Crippen LogP contribution in [0.25, 0.3) is 11.3 Å². The van der Waals surface area contributed by atoms with Gasteiger partial charge >= 0.3 is 0 Å². The second kappa shape index (κ2) is 7.79. The van der Waals surface area contributed by atoms with Crippen molar-refractivity contribution in [2.45, 2.75) is 12.8 Å². The van der Waals surface area contributed by atoms with Crippen molar-refractivity contribution < 1.29 is 14.3 Å². The first-order valence-electron chi connectivity index (χ1n) is 8.35. The van der Waals surface area contributed by atoms with Crippen LogP contribution >= 0.6 is 0 Å². The number of likely N-dealkylation sites (tertiary alicyclic amines) is 1. The van der Waals surface area contributed by atoms with E-state index >= 15 is 0 Å². The van der Waals surface area contributed by atoms with E-state index in [4.69, 9.17) is 4.74 Å². The van der Waals surface area contributed by atoms with E-state index in [-0.39, 0.29) is 11.8 Å². The number of amides is 2. The molecule has 0 bridgehead atoms. The summed E-state index contributed by atoms with van der Waals surface area (Å²) in [5.41, 5.74) is 2.16. The molecule has 0 saturated carbocycles. The molecule has 3 rings (SSSR count). The molecule has 0 atom stereocenters. The maximum Gasteiger partial charge on any atom is 0.251 e. The molecule has 1 aliphatic heterocycles. The van der Waals surface area contributed by atoms with Gasteiger partial charge in [-0.2, -0.15) is 0 Å². The molecular weight excluding hydrogens is 318 g/mol.